The van der Waals surface area contributed by atoms with Gasteiger partial charge in [0.15, 0.2) is 10.8 Å². The number of nitrogens with one attached hydrogen (secondary N) is 2. The standard InChI is InChI=1S/C19H14N4O3S/c1-12(24)21-14-4-6-15(7-5-14)22-18(25)13(10-20)9-16-11-27-19(23-16)17-3-2-8-26-17/h2-9,11H,1H3,(H,21,24)(H,22,25)/b13-9+. The van der Waals surface area contributed by atoms with Gasteiger partial charge in [-0.15, -0.1) is 11.3 Å². The normalized spacial score (nSPS) is 10.9. The van der Waals surface area contributed by atoms with E-state index >= 15 is 0 Å². The second-order valence-electron chi connectivity index (χ2n) is 5.44. The molecule has 7 nitrogen and oxygen atoms in total. The molecule has 3 aromatic rings. The highest BCUT2D eigenvalue weighted by atomic mass is 32.1. The molecule has 0 aliphatic rings. The second kappa shape index (κ2) is 8.12. The smallest absolute Gasteiger partial charge is 0.266 e. The number of benzene rings is 1. The van der Waals surface area contributed by atoms with Gasteiger partial charge in [0.2, 0.25) is 5.91 Å². The lowest BCUT2D eigenvalue weighted by molar-refractivity contribution is -0.114. The first-order valence-corrected chi connectivity index (χ1v) is 8.73. The zero-order chi connectivity index (χ0) is 19.2. The molecule has 2 heterocycles. The lowest BCUT2D eigenvalue weighted by atomic mass is 10.2. The molecule has 0 atom stereocenters. The number of nitrogens with zero attached hydrogens (tertiary/aromatic N) is 2. The number of hydrogen-bond donors (Lipinski definition) is 2. The van der Waals surface area contributed by atoms with Crippen molar-refractivity contribution in [2.45, 2.75) is 6.92 Å². The summed E-state index contributed by atoms with van der Waals surface area (Å²) in [7, 11) is 0. The van der Waals surface area contributed by atoms with Gasteiger partial charge in [-0.1, -0.05) is 0 Å². The molecule has 3 rings (SSSR count). The van der Waals surface area contributed by atoms with Crippen LogP contribution in [0.4, 0.5) is 11.4 Å². The van der Waals surface area contributed by atoms with E-state index in [9.17, 15) is 14.9 Å². The maximum Gasteiger partial charge on any atom is 0.266 e. The number of thiazole rings is 1. The Hall–Kier alpha value is -3.70. The largest absolute Gasteiger partial charge is 0.462 e. The van der Waals surface area contributed by atoms with Gasteiger partial charge in [-0.3, -0.25) is 9.59 Å². The maximum atomic E-state index is 12.3. The first-order chi connectivity index (χ1) is 13.0. The van der Waals surface area contributed by atoms with Crippen LogP contribution < -0.4 is 10.6 Å². The molecule has 2 N–H and O–H groups in total. The molecule has 8 heteroatoms. The predicted molar refractivity (Wildman–Crippen MR) is 103 cm³/mol. The van der Waals surface area contributed by atoms with Gasteiger partial charge in [0.1, 0.15) is 11.6 Å². The van der Waals surface area contributed by atoms with Crippen LogP contribution in [0.15, 0.2) is 58.0 Å². The third-order valence-electron chi connectivity index (χ3n) is 3.37. The molecule has 0 fully saturated rings. The van der Waals surface area contributed by atoms with Crippen LogP contribution in [-0.4, -0.2) is 16.8 Å². The fourth-order valence-electron chi connectivity index (χ4n) is 2.20. The highest BCUT2D eigenvalue weighted by Gasteiger charge is 2.12. The van der Waals surface area contributed by atoms with E-state index < -0.39 is 5.91 Å². The lowest BCUT2D eigenvalue weighted by Crippen LogP contribution is -2.13. The van der Waals surface area contributed by atoms with Crippen LogP contribution in [0.1, 0.15) is 12.6 Å². The molecule has 134 valence electrons. The van der Waals surface area contributed by atoms with E-state index in [1.807, 2.05) is 6.07 Å². The van der Waals surface area contributed by atoms with Crippen LogP contribution in [0.5, 0.6) is 0 Å². The molecule has 0 aliphatic carbocycles. The molecular weight excluding hydrogens is 364 g/mol. The summed E-state index contributed by atoms with van der Waals surface area (Å²) in [6.07, 6.45) is 2.97. The van der Waals surface area contributed by atoms with Gasteiger partial charge in [-0.05, 0) is 42.5 Å². The summed E-state index contributed by atoms with van der Waals surface area (Å²) in [6, 6.07) is 12.0. The van der Waals surface area contributed by atoms with Crippen molar-refractivity contribution in [3.05, 3.63) is 59.3 Å². The third-order valence-corrected chi connectivity index (χ3v) is 4.25. The third kappa shape index (κ3) is 4.68. The van der Waals surface area contributed by atoms with Gasteiger partial charge >= 0.3 is 0 Å². The molecule has 0 radical (unpaired) electrons. The summed E-state index contributed by atoms with van der Waals surface area (Å²) in [5, 5.41) is 17.0. The van der Waals surface area contributed by atoms with Crippen LogP contribution in [-0.2, 0) is 9.59 Å². The highest BCUT2D eigenvalue weighted by molar-refractivity contribution is 7.13. The Labute approximate surface area is 159 Å². The number of nitriles is 1. The first-order valence-electron chi connectivity index (χ1n) is 7.85. The molecule has 1 aromatic carbocycles. The molecule has 0 unspecified atom stereocenters. The minimum Gasteiger partial charge on any atom is -0.462 e. The molecular formula is C19H14N4O3S. The lowest BCUT2D eigenvalue weighted by Gasteiger charge is -2.06. The maximum absolute atomic E-state index is 12.3. The van der Waals surface area contributed by atoms with Crippen molar-refractivity contribution in [3.8, 4) is 16.8 Å². The highest BCUT2D eigenvalue weighted by Crippen LogP contribution is 2.25. The Morgan fingerprint density at radius 3 is 2.48 bits per heavy atom. The number of carbonyl (C=O) groups excluding carboxylic acids is 2. The molecule has 0 saturated heterocycles. The van der Waals surface area contributed by atoms with Crippen LogP contribution in [0.3, 0.4) is 0 Å². The fourth-order valence-corrected chi connectivity index (χ4v) is 2.94. The van der Waals surface area contributed by atoms with E-state index in [1.165, 1.54) is 24.3 Å². The van der Waals surface area contributed by atoms with Crippen molar-refractivity contribution in [2.24, 2.45) is 0 Å². The van der Waals surface area contributed by atoms with Crippen LogP contribution in [0, 0.1) is 11.3 Å². The molecule has 0 aliphatic heterocycles. The summed E-state index contributed by atoms with van der Waals surface area (Å²) in [6.45, 7) is 1.41. The number of rotatable bonds is 5. The van der Waals surface area contributed by atoms with Gasteiger partial charge in [-0.2, -0.15) is 5.26 Å². The number of anilines is 2. The predicted octanol–water partition coefficient (Wildman–Crippen LogP) is 3.91. The topological polar surface area (TPSA) is 108 Å². The van der Waals surface area contributed by atoms with Crippen molar-refractivity contribution in [3.63, 3.8) is 0 Å². The van der Waals surface area contributed by atoms with E-state index in [0.29, 0.717) is 27.8 Å². The van der Waals surface area contributed by atoms with Crippen molar-refractivity contribution >= 4 is 40.6 Å². The Bertz CT molecular complexity index is 1030. The van der Waals surface area contributed by atoms with Crippen molar-refractivity contribution in [1.82, 2.24) is 4.98 Å². The average Bonchev–Trinajstić information content (AvgIpc) is 3.32. The van der Waals surface area contributed by atoms with E-state index in [1.54, 1.807) is 48.0 Å². The number of carbonyl (C=O) groups is 2. The minimum absolute atomic E-state index is 0.0720. The zero-order valence-corrected chi connectivity index (χ0v) is 15.0. The van der Waals surface area contributed by atoms with Crippen LogP contribution in [0.25, 0.3) is 16.8 Å². The first kappa shape index (κ1) is 18.1. The Morgan fingerprint density at radius 1 is 1.19 bits per heavy atom. The van der Waals surface area contributed by atoms with Gasteiger partial charge in [0, 0.05) is 23.7 Å². The van der Waals surface area contributed by atoms with Crippen molar-refractivity contribution in [2.75, 3.05) is 10.6 Å². The summed E-state index contributed by atoms with van der Waals surface area (Å²) in [5.41, 5.74) is 1.55. The summed E-state index contributed by atoms with van der Waals surface area (Å²) in [5.74, 6) is -0.0992. The van der Waals surface area contributed by atoms with Crippen LogP contribution in [0.2, 0.25) is 0 Å². The molecule has 27 heavy (non-hydrogen) atoms. The Morgan fingerprint density at radius 2 is 1.89 bits per heavy atom. The van der Waals surface area contributed by atoms with Gasteiger partial charge < -0.3 is 15.1 Å². The summed E-state index contributed by atoms with van der Waals surface area (Å²) < 4.78 is 5.28. The summed E-state index contributed by atoms with van der Waals surface area (Å²) >= 11 is 1.36. The van der Waals surface area contributed by atoms with E-state index in [0.717, 1.165) is 0 Å². The van der Waals surface area contributed by atoms with Crippen molar-refractivity contribution in [1.29, 1.82) is 5.26 Å². The SMILES string of the molecule is CC(=O)Nc1ccc(NC(=O)/C(C#N)=C/c2csc(-c3ccco3)n2)cc1. The van der Waals surface area contributed by atoms with Gasteiger partial charge in [0.05, 0.1) is 12.0 Å². The molecule has 0 spiro atoms. The summed E-state index contributed by atoms with van der Waals surface area (Å²) in [4.78, 5) is 27.7. The van der Waals surface area contributed by atoms with E-state index in [2.05, 4.69) is 15.6 Å². The number of hydrogen-bond acceptors (Lipinski definition) is 6. The van der Waals surface area contributed by atoms with Gasteiger partial charge in [-0.25, -0.2) is 4.98 Å². The van der Waals surface area contributed by atoms with E-state index in [-0.39, 0.29) is 11.5 Å². The molecule has 2 aromatic heterocycles. The van der Waals surface area contributed by atoms with Crippen LogP contribution >= 0.6 is 11.3 Å². The van der Waals surface area contributed by atoms with Gasteiger partial charge in [0.25, 0.3) is 5.91 Å². The molecule has 0 saturated carbocycles. The fraction of sp³-hybridized carbons (Fsp3) is 0.0526. The van der Waals surface area contributed by atoms with Crippen molar-refractivity contribution < 1.29 is 14.0 Å². The quantitative estimate of drug-likeness (QED) is 0.517. The minimum atomic E-state index is -0.544. The van der Waals surface area contributed by atoms with E-state index in [4.69, 9.17) is 4.42 Å². The second-order valence-corrected chi connectivity index (χ2v) is 6.30. The molecule has 2 amide bonds. The Kier molecular flexibility index (Phi) is 5.44. The molecule has 0 bridgehead atoms. The number of aromatic nitrogens is 1. The monoisotopic (exact) mass is 378 g/mol. The number of amides is 2. The Balaban J connectivity index is 1.71. The number of furan rings is 1. The zero-order valence-electron chi connectivity index (χ0n) is 14.2. The average molecular weight is 378 g/mol.